The third-order valence-corrected chi connectivity index (χ3v) is 5.65. The highest BCUT2D eigenvalue weighted by Gasteiger charge is 2.27. The van der Waals surface area contributed by atoms with Crippen molar-refractivity contribution in [3.8, 4) is 0 Å². The van der Waals surface area contributed by atoms with Gasteiger partial charge in [0.1, 0.15) is 0 Å². The minimum atomic E-state index is -3.19. The number of sulfonamides is 1. The van der Waals surface area contributed by atoms with E-state index < -0.39 is 10.0 Å². The third kappa shape index (κ3) is 4.60. The van der Waals surface area contributed by atoms with Crippen molar-refractivity contribution in [3.05, 3.63) is 42.5 Å². The van der Waals surface area contributed by atoms with E-state index in [-0.39, 0.29) is 18.0 Å². The quantitative estimate of drug-likeness (QED) is 0.840. The van der Waals surface area contributed by atoms with Gasteiger partial charge in [-0.15, -0.1) is 0 Å². The molecule has 0 saturated carbocycles. The summed E-state index contributed by atoms with van der Waals surface area (Å²) in [6, 6.07) is 13.5. The molecule has 1 amide bonds. The fourth-order valence-electron chi connectivity index (χ4n) is 3.44. The Bertz CT molecular complexity index is 885. The lowest BCUT2D eigenvalue weighted by Gasteiger charge is -2.35. The monoisotopic (exact) mass is 375 g/mol. The van der Waals surface area contributed by atoms with Crippen molar-refractivity contribution in [1.82, 2.24) is 9.62 Å². The fourth-order valence-corrected chi connectivity index (χ4v) is 4.29. The zero-order chi connectivity index (χ0) is 18.7. The van der Waals surface area contributed by atoms with Crippen LogP contribution in [0.5, 0.6) is 0 Å². The maximum atomic E-state index is 12.7. The lowest BCUT2D eigenvalue weighted by atomic mass is 10.0. The Morgan fingerprint density at radius 2 is 1.77 bits per heavy atom. The lowest BCUT2D eigenvalue weighted by Crippen LogP contribution is -2.50. The molecule has 2 aromatic rings. The van der Waals surface area contributed by atoms with Crippen molar-refractivity contribution in [2.45, 2.75) is 31.8 Å². The Balaban J connectivity index is 1.62. The normalized spacial score (nSPS) is 17.9. The second-order valence-corrected chi connectivity index (χ2v) is 8.67. The number of fused-ring (bicyclic) bond motifs is 1. The van der Waals surface area contributed by atoms with Gasteiger partial charge in [0.25, 0.3) is 0 Å². The first-order chi connectivity index (χ1) is 12.3. The lowest BCUT2D eigenvalue weighted by molar-refractivity contribution is -0.121. The van der Waals surface area contributed by atoms with Crippen LogP contribution in [0.25, 0.3) is 10.8 Å². The molecule has 1 unspecified atom stereocenters. The predicted octanol–water partition coefficient (Wildman–Crippen LogP) is 2.18. The molecule has 1 aliphatic rings. The standard InChI is InChI=1S/C19H25N3O3S/c1-14(22-12-10-16(11-13-22)21-26(2,24)25)19(23)20-18-9-5-7-15-6-3-4-8-17(15)18/h3-9,14,16,21H,10-13H2,1-2H3,(H,20,23). The van der Waals surface area contributed by atoms with Crippen LogP contribution in [0.1, 0.15) is 19.8 Å². The van der Waals surface area contributed by atoms with Gasteiger partial charge in [-0.3, -0.25) is 9.69 Å². The van der Waals surface area contributed by atoms with E-state index in [1.165, 1.54) is 6.26 Å². The van der Waals surface area contributed by atoms with Crippen LogP contribution in [-0.4, -0.2) is 50.7 Å². The molecule has 0 aliphatic carbocycles. The van der Waals surface area contributed by atoms with Crippen LogP contribution in [0.4, 0.5) is 5.69 Å². The van der Waals surface area contributed by atoms with E-state index in [2.05, 4.69) is 14.9 Å². The van der Waals surface area contributed by atoms with E-state index in [9.17, 15) is 13.2 Å². The van der Waals surface area contributed by atoms with Crippen molar-refractivity contribution >= 4 is 32.4 Å². The molecule has 0 spiro atoms. The zero-order valence-corrected chi connectivity index (χ0v) is 15.9. The van der Waals surface area contributed by atoms with Crippen LogP contribution in [0, 0.1) is 0 Å². The van der Waals surface area contributed by atoms with Gasteiger partial charge in [-0.05, 0) is 31.2 Å². The first kappa shape index (κ1) is 18.8. The molecular weight excluding hydrogens is 350 g/mol. The number of rotatable bonds is 5. The molecule has 0 radical (unpaired) electrons. The van der Waals surface area contributed by atoms with Gasteiger partial charge in [-0.25, -0.2) is 13.1 Å². The van der Waals surface area contributed by atoms with Gasteiger partial charge in [0.05, 0.1) is 12.3 Å². The second kappa shape index (κ2) is 7.73. The highest BCUT2D eigenvalue weighted by Crippen LogP contribution is 2.23. The van der Waals surface area contributed by atoms with Crippen LogP contribution in [0.2, 0.25) is 0 Å². The van der Waals surface area contributed by atoms with Gasteiger partial charge in [0, 0.05) is 30.2 Å². The molecule has 1 heterocycles. The largest absolute Gasteiger partial charge is 0.324 e. The Labute approximate surface area is 154 Å². The smallest absolute Gasteiger partial charge is 0.241 e. The van der Waals surface area contributed by atoms with E-state index >= 15 is 0 Å². The molecular formula is C19H25N3O3S. The maximum absolute atomic E-state index is 12.7. The summed E-state index contributed by atoms with van der Waals surface area (Å²) in [6.45, 7) is 3.28. The number of hydrogen-bond acceptors (Lipinski definition) is 4. The highest BCUT2D eigenvalue weighted by atomic mass is 32.2. The third-order valence-electron chi connectivity index (χ3n) is 4.88. The number of carbonyl (C=O) groups is 1. The molecule has 140 valence electrons. The number of anilines is 1. The number of hydrogen-bond donors (Lipinski definition) is 2. The van der Waals surface area contributed by atoms with Gasteiger partial charge in [0.15, 0.2) is 0 Å². The van der Waals surface area contributed by atoms with Gasteiger partial charge >= 0.3 is 0 Å². The van der Waals surface area contributed by atoms with E-state index in [0.717, 1.165) is 16.5 Å². The Hall–Kier alpha value is -1.96. The molecule has 3 rings (SSSR count). The minimum absolute atomic E-state index is 0.0455. The topological polar surface area (TPSA) is 78.5 Å². The van der Waals surface area contributed by atoms with Crippen LogP contribution in [0.3, 0.4) is 0 Å². The molecule has 0 bridgehead atoms. The van der Waals surface area contributed by atoms with Crippen LogP contribution >= 0.6 is 0 Å². The van der Waals surface area contributed by atoms with Crippen molar-refractivity contribution in [2.75, 3.05) is 24.7 Å². The number of benzene rings is 2. The van der Waals surface area contributed by atoms with Crippen LogP contribution in [-0.2, 0) is 14.8 Å². The number of amides is 1. The summed E-state index contributed by atoms with van der Waals surface area (Å²) in [5, 5.41) is 5.15. The summed E-state index contributed by atoms with van der Waals surface area (Å²) < 4.78 is 25.3. The zero-order valence-electron chi connectivity index (χ0n) is 15.1. The van der Waals surface area contributed by atoms with Gasteiger partial charge < -0.3 is 5.32 Å². The first-order valence-electron chi connectivity index (χ1n) is 8.83. The SMILES string of the molecule is CC(C(=O)Nc1cccc2ccccc12)N1CCC(NS(C)(=O)=O)CC1. The first-order valence-corrected chi connectivity index (χ1v) is 10.7. The van der Waals surface area contributed by atoms with E-state index in [0.29, 0.717) is 25.9 Å². The number of carbonyl (C=O) groups excluding carboxylic acids is 1. The summed E-state index contributed by atoms with van der Waals surface area (Å²) in [7, 11) is -3.19. The van der Waals surface area contributed by atoms with Crippen LogP contribution in [0.15, 0.2) is 42.5 Å². The van der Waals surface area contributed by atoms with Crippen molar-refractivity contribution < 1.29 is 13.2 Å². The Morgan fingerprint density at radius 3 is 2.46 bits per heavy atom. The summed E-state index contributed by atoms with van der Waals surface area (Å²) in [6.07, 6.45) is 2.59. The predicted molar refractivity (Wildman–Crippen MR) is 105 cm³/mol. The van der Waals surface area contributed by atoms with Crippen molar-refractivity contribution in [3.63, 3.8) is 0 Å². The molecule has 2 N–H and O–H groups in total. The summed E-state index contributed by atoms with van der Waals surface area (Å²) in [4.78, 5) is 14.8. The van der Waals surface area contributed by atoms with Crippen molar-refractivity contribution in [2.24, 2.45) is 0 Å². The minimum Gasteiger partial charge on any atom is -0.324 e. The summed E-state index contributed by atoms with van der Waals surface area (Å²) in [5.74, 6) is -0.0455. The Kier molecular flexibility index (Phi) is 5.60. The molecule has 1 aliphatic heterocycles. The molecule has 1 fully saturated rings. The van der Waals surface area contributed by atoms with Gasteiger partial charge in [-0.1, -0.05) is 36.4 Å². The number of nitrogens with one attached hydrogen (secondary N) is 2. The maximum Gasteiger partial charge on any atom is 0.241 e. The molecule has 2 aromatic carbocycles. The summed E-state index contributed by atoms with van der Waals surface area (Å²) >= 11 is 0. The van der Waals surface area contributed by atoms with Gasteiger partial charge in [-0.2, -0.15) is 0 Å². The highest BCUT2D eigenvalue weighted by molar-refractivity contribution is 7.88. The number of piperidine rings is 1. The van der Waals surface area contributed by atoms with Gasteiger partial charge in [0.2, 0.25) is 15.9 Å². The molecule has 7 heteroatoms. The van der Waals surface area contributed by atoms with E-state index in [4.69, 9.17) is 0 Å². The average molecular weight is 375 g/mol. The molecule has 26 heavy (non-hydrogen) atoms. The molecule has 1 saturated heterocycles. The molecule has 1 atom stereocenters. The molecule has 6 nitrogen and oxygen atoms in total. The number of nitrogens with zero attached hydrogens (tertiary/aromatic N) is 1. The summed E-state index contributed by atoms with van der Waals surface area (Å²) in [5.41, 5.74) is 0.813. The Morgan fingerprint density at radius 1 is 1.12 bits per heavy atom. The van der Waals surface area contributed by atoms with E-state index in [1.807, 2.05) is 49.4 Å². The number of likely N-dealkylation sites (tertiary alicyclic amines) is 1. The molecule has 0 aromatic heterocycles. The van der Waals surface area contributed by atoms with E-state index in [1.54, 1.807) is 0 Å². The second-order valence-electron chi connectivity index (χ2n) is 6.89. The average Bonchev–Trinajstić information content (AvgIpc) is 2.61. The fraction of sp³-hybridized carbons (Fsp3) is 0.421. The van der Waals surface area contributed by atoms with Crippen LogP contribution < -0.4 is 10.0 Å². The van der Waals surface area contributed by atoms with Crippen molar-refractivity contribution in [1.29, 1.82) is 0 Å².